The number of nitrogens with zero attached hydrogens (tertiary/aromatic N) is 1. The van der Waals surface area contributed by atoms with E-state index in [-0.39, 0.29) is 11.4 Å². The molecule has 0 atom stereocenters. The van der Waals surface area contributed by atoms with Crippen LogP contribution in [-0.4, -0.2) is 50.1 Å². The minimum Gasteiger partial charge on any atom is -0.353 e. The van der Waals surface area contributed by atoms with Crippen LogP contribution >= 0.6 is 0 Å². The molecular formula is C13H23N3O. The summed E-state index contributed by atoms with van der Waals surface area (Å²) in [5, 5.41) is 5.88. The zero-order valence-electron chi connectivity index (χ0n) is 10.9. The van der Waals surface area contributed by atoms with Gasteiger partial charge in [-0.25, -0.2) is 0 Å². The molecule has 17 heavy (non-hydrogen) atoms. The van der Waals surface area contributed by atoms with Crippen molar-refractivity contribution >= 4 is 5.91 Å². The second-order valence-corrected chi connectivity index (χ2v) is 4.91. The van der Waals surface area contributed by atoms with Crippen LogP contribution in [0.1, 0.15) is 25.7 Å². The third kappa shape index (κ3) is 4.03. The summed E-state index contributed by atoms with van der Waals surface area (Å²) in [5.74, 6) is 2.47. The van der Waals surface area contributed by atoms with Crippen molar-refractivity contribution in [3.8, 4) is 12.3 Å². The molecule has 0 bridgehead atoms. The Morgan fingerprint density at radius 1 is 1.41 bits per heavy atom. The quantitative estimate of drug-likeness (QED) is 0.512. The molecular weight excluding hydrogens is 214 g/mol. The molecule has 0 aromatic carbocycles. The molecule has 1 aliphatic rings. The molecule has 0 aromatic heterocycles. The van der Waals surface area contributed by atoms with Crippen LogP contribution < -0.4 is 10.6 Å². The maximum atomic E-state index is 11.6. The van der Waals surface area contributed by atoms with Gasteiger partial charge in [0.2, 0.25) is 5.91 Å². The van der Waals surface area contributed by atoms with Crippen LogP contribution in [0, 0.1) is 12.3 Å². The van der Waals surface area contributed by atoms with Gasteiger partial charge in [0.05, 0.1) is 13.1 Å². The summed E-state index contributed by atoms with van der Waals surface area (Å²) in [6, 6.07) is 0. The first-order chi connectivity index (χ1) is 8.10. The van der Waals surface area contributed by atoms with Gasteiger partial charge < -0.3 is 10.2 Å². The van der Waals surface area contributed by atoms with Gasteiger partial charge in [-0.05, 0) is 26.9 Å². The lowest BCUT2D eigenvalue weighted by Gasteiger charge is -2.36. The van der Waals surface area contributed by atoms with Crippen molar-refractivity contribution in [2.75, 3.05) is 33.7 Å². The molecule has 96 valence electrons. The summed E-state index contributed by atoms with van der Waals surface area (Å²) in [6.07, 6.45) is 9.93. The second kappa shape index (κ2) is 6.63. The van der Waals surface area contributed by atoms with Crippen molar-refractivity contribution in [2.24, 2.45) is 0 Å². The third-order valence-corrected chi connectivity index (χ3v) is 3.61. The Bertz CT molecular complexity index is 288. The fourth-order valence-electron chi connectivity index (χ4n) is 2.39. The van der Waals surface area contributed by atoms with Gasteiger partial charge in [0.15, 0.2) is 0 Å². The highest BCUT2D eigenvalue weighted by molar-refractivity contribution is 5.78. The van der Waals surface area contributed by atoms with Crippen molar-refractivity contribution in [2.45, 2.75) is 31.2 Å². The Morgan fingerprint density at radius 3 is 2.59 bits per heavy atom. The Hall–Kier alpha value is -1.05. The Kier molecular flexibility index (Phi) is 5.46. The number of hydrogen-bond donors (Lipinski definition) is 2. The highest BCUT2D eigenvalue weighted by Crippen LogP contribution is 2.32. The Balaban J connectivity index is 2.32. The van der Waals surface area contributed by atoms with Gasteiger partial charge in [-0.3, -0.25) is 10.1 Å². The number of terminal acetylenes is 1. The van der Waals surface area contributed by atoms with E-state index in [9.17, 15) is 4.79 Å². The van der Waals surface area contributed by atoms with Crippen molar-refractivity contribution < 1.29 is 4.79 Å². The predicted molar refractivity (Wildman–Crippen MR) is 69.6 cm³/mol. The van der Waals surface area contributed by atoms with E-state index >= 15 is 0 Å². The van der Waals surface area contributed by atoms with Crippen molar-refractivity contribution in [3.63, 3.8) is 0 Å². The molecule has 0 spiro atoms. The number of likely N-dealkylation sites (N-methyl/N-ethyl adjacent to an activating group) is 1. The molecule has 4 heteroatoms. The van der Waals surface area contributed by atoms with Crippen LogP contribution in [0.2, 0.25) is 0 Å². The molecule has 1 rings (SSSR count). The van der Waals surface area contributed by atoms with Crippen molar-refractivity contribution in [1.82, 2.24) is 15.5 Å². The number of nitrogens with one attached hydrogen (secondary N) is 2. The monoisotopic (exact) mass is 237 g/mol. The van der Waals surface area contributed by atoms with Gasteiger partial charge in [0, 0.05) is 12.1 Å². The van der Waals surface area contributed by atoms with Gasteiger partial charge >= 0.3 is 0 Å². The normalized spacial score (nSPS) is 18.0. The van der Waals surface area contributed by atoms with Crippen molar-refractivity contribution in [1.29, 1.82) is 0 Å². The highest BCUT2D eigenvalue weighted by Gasteiger charge is 2.35. The van der Waals surface area contributed by atoms with Crippen LogP contribution in [-0.2, 0) is 4.79 Å². The summed E-state index contributed by atoms with van der Waals surface area (Å²) in [5.41, 5.74) is 0.155. The van der Waals surface area contributed by atoms with Gasteiger partial charge in [0.25, 0.3) is 0 Å². The molecule has 1 aliphatic carbocycles. The lowest BCUT2D eigenvalue weighted by atomic mass is 9.96. The predicted octanol–water partition coefficient (Wildman–Crippen LogP) is 0.200. The molecule has 1 fully saturated rings. The summed E-state index contributed by atoms with van der Waals surface area (Å²) < 4.78 is 0. The van der Waals surface area contributed by atoms with Gasteiger partial charge in [-0.2, -0.15) is 0 Å². The standard InChI is InChI=1S/C13H23N3O/c1-4-9-14-10-12(17)15-11-13(16(2)3)7-5-6-8-13/h1,14H,5-11H2,2-3H3,(H,15,17). The van der Waals surface area contributed by atoms with Crippen LogP contribution in [0.4, 0.5) is 0 Å². The molecule has 1 amide bonds. The van der Waals surface area contributed by atoms with Crippen molar-refractivity contribution in [3.05, 3.63) is 0 Å². The zero-order chi connectivity index (χ0) is 12.7. The summed E-state index contributed by atoms with van der Waals surface area (Å²) in [6.45, 7) is 1.47. The minimum absolute atomic E-state index is 0.0216. The first-order valence-electron chi connectivity index (χ1n) is 6.19. The summed E-state index contributed by atoms with van der Waals surface area (Å²) >= 11 is 0. The summed E-state index contributed by atoms with van der Waals surface area (Å²) in [4.78, 5) is 13.8. The Labute approximate surface area is 104 Å². The number of carbonyl (C=O) groups excluding carboxylic acids is 1. The first-order valence-corrected chi connectivity index (χ1v) is 6.19. The smallest absolute Gasteiger partial charge is 0.234 e. The SMILES string of the molecule is C#CCNCC(=O)NCC1(N(C)C)CCCC1. The van der Waals surface area contributed by atoms with Crippen LogP contribution in [0.5, 0.6) is 0 Å². The second-order valence-electron chi connectivity index (χ2n) is 4.91. The molecule has 4 nitrogen and oxygen atoms in total. The topological polar surface area (TPSA) is 44.4 Å². The molecule has 0 radical (unpaired) electrons. The van der Waals surface area contributed by atoms with Crippen LogP contribution in [0.25, 0.3) is 0 Å². The van der Waals surface area contributed by atoms with E-state index in [4.69, 9.17) is 6.42 Å². The van der Waals surface area contributed by atoms with E-state index < -0.39 is 0 Å². The van der Waals surface area contributed by atoms with E-state index in [0.717, 1.165) is 19.4 Å². The summed E-state index contributed by atoms with van der Waals surface area (Å²) in [7, 11) is 4.18. The molecule has 0 aliphatic heterocycles. The maximum Gasteiger partial charge on any atom is 0.234 e. The molecule has 0 unspecified atom stereocenters. The van der Waals surface area contributed by atoms with E-state index in [0.29, 0.717) is 13.1 Å². The average Bonchev–Trinajstić information content (AvgIpc) is 2.77. The first kappa shape index (κ1) is 14.0. The van der Waals surface area contributed by atoms with E-state index in [1.165, 1.54) is 12.8 Å². The lowest BCUT2D eigenvalue weighted by molar-refractivity contribution is -0.120. The zero-order valence-corrected chi connectivity index (χ0v) is 10.9. The van der Waals surface area contributed by atoms with Gasteiger partial charge in [0.1, 0.15) is 0 Å². The van der Waals surface area contributed by atoms with E-state index in [1.54, 1.807) is 0 Å². The molecule has 1 saturated carbocycles. The lowest BCUT2D eigenvalue weighted by Crippen LogP contribution is -2.51. The third-order valence-electron chi connectivity index (χ3n) is 3.61. The minimum atomic E-state index is 0.0216. The van der Waals surface area contributed by atoms with Crippen LogP contribution in [0.3, 0.4) is 0 Å². The average molecular weight is 237 g/mol. The van der Waals surface area contributed by atoms with Crippen LogP contribution in [0.15, 0.2) is 0 Å². The number of carbonyl (C=O) groups is 1. The molecule has 0 heterocycles. The number of amides is 1. The fraction of sp³-hybridized carbons (Fsp3) is 0.769. The largest absolute Gasteiger partial charge is 0.353 e. The van der Waals surface area contributed by atoms with E-state index in [1.807, 2.05) is 0 Å². The Morgan fingerprint density at radius 2 is 2.06 bits per heavy atom. The van der Waals surface area contributed by atoms with Gasteiger partial charge in [-0.15, -0.1) is 6.42 Å². The molecule has 0 saturated heterocycles. The number of hydrogen-bond acceptors (Lipinski definition) is 3. The number of rotatable bonds is 6. The molecule has 0 aromatic rings. The molecule has 2 N–H and O–H groups in total. The van der Waals surface area contributed by atoms with E-state index in [2.05, 4.69) is 35.5 Å². The van der Waals surface area contributed by atoms with Gasteiger partial charge in [-0.1, -0.05) is 18.8 Å². The fourth-order valence-corrected chi connectivity index (χ4v) is 2.39. The highest BCUT2D eigenvalue weighted by atomic mass is 16.1. The maximum absolute atomic E-state index is 11.6.